The molecule has 33 heavy (non-hydrogen) atoms. The van der Waals surface area contributed by atoms with Gasteiger partial charge in [0, 0.05) is 30.7 Å². The molecular formula is C24H27N5O3S. The second-order valence-corrected chi connectivity index (χ2v) is 9.29. The summed E-state index contributed by atoms with van der Waals surface area (Å²) in [5.41, 5.74) is 3.13. The molecule has 0 aliphatic heterocycles. The highest BCUT2D eigenvalue weighted by molar-refractivity contribution is 7.92. The molecule has 2 atom stereocenters. The predicted octanol–water partition coefficient (Wildman–Crippen LogP) is 3.11. The van der Waals surface area contributed by atoms with Crippen molar-refractivity contribution in [3.8, 4) is 11.3 Å². The molecule has 0 saturated heterocycles. The van der Waals surface area contributed by atoms with E-state index in [4.69, 9.17) is 20.7 Å². The van der Waals surface area contributed by atoms with Gasteiger partial charge in [0.2, 0.25) is 11.8 Å². The molecule has 0 amide bonds. The van der Waals surface area contributed by atoms with Gasteiger partial charge in [-0.15, -0.1) is 0 Å². The SMILES string of the molecule is CNCc1ccc(C(=N)OC(=N)c2cncc(-c3ccc([S+]([O-])C(C)CCO)cc3)n2)cc1. The maximum Gasteiger partial charge on any atom is 0.241 e. The smallest absolute Gasteiger partial charge is 0.241 e. The minimum Gasteiger partial charge on any atom is -0.611 e. The highest BCUT2D eigenvalue weighted by Gasteiger charge is 2.20. The summed E-state index contributed by atoms with van der Waals surface area (Å²) < 4.78 is 17.9. The van der Waals surface area contributed by atoms with E-state index in [1.165, 1.54) is 6.20 Å². The zero-order valence-electron chi connectivity index (χ0n) is 18.5. The van der Waals surface area contributed by atoms with Gasteiger partial charge in [-0.2, -0.15) is 0 Å². The number of nitrogens with zero attached hydrogens (tertiary/aromatic N) is 2. The molecule has 8 nitrogen and oxygen atoms in total. The van der Waals surface area contributed by atoms with Crippen LogP contribution in [0.3, 0.4) is 0 Å². The molecule has 3 rings (SSSR count). The van der Waals surface area contributed by atoms with Crippen LogP contribution in [0.1, 0.15) is 30.2 Å². The van der Waals surface area contributed by atoms with E-state index < -0.39 is 11.2 Å². The van der Waals surface area contributed by atoms with Crippen molar-refractivity contribution in [3.05, 3.63) is 77.7 Å². The molecule has 0 saturated carbocycles. The monoisotopic (exact) mass is 465 g/mol. The van der Waals surface area contributed by atoms with Crippen LogP contribution >= 0.6 is 0 Å². The molecule has 0 aliphatic rings. The quantitative estimate of drug-likeness (QED) is 0.218. The highest BCUT2D eigenvalue weighted by atomic mass is 32.2. The average molecular weight is 466 g/mol. The zero-order valence-corrected chi connectivity index (χ0v) is 19.4. The number of rotatable bonds is 9. The van der Waals surface area contributed by atoms with Crippen molar-refractivity contribution in [1.82, 2.24) is 15.3 Å². The number of aliphatic hydroxyl groups is 1. The Morgan fingerprint density at radius 3 is 2.42 bits per heavy atom. The summed E-state index contributed by atoms with van der Waals surface area (Å²) in [6.07, 6.45) is 3.46. The maximum atomic E-state index is 12.5. The van der Waals surface area contributed by atoms with Gasteiger partial charge in [-0.25, -0.2) is 4.98 Å². The summed E-state index contributed by atoms with van der Waals surface area (Å²) in [5.74, 6) is -0.420. The van der Waals surface area contributed by atoms with Crippen molar-refractivity contribution >= 4 is 23.0 Å². The van der Waals surface area contributed by atoms with Crippen LogP contribution in [0.15, 0.2) is 65.8 Å². The second kappa shape index (κ2) is 11.7. The molecule has 1 heterocycles. The minimum atomic E-state index is -1.21. The van der Waals surface area contributed by atoms with Crippen molar-refractivity contribution in [1.29, 1.82) is 10.8 Å². The Hall–Kier alpha value is -3.11. The fourth-order valence-electron chi connectivity index (χ4n) is 3.09. The van der Waals surface area contributed by atoms with Crippen LogP contribution < -0.4 is 5.32 Å². The highest BCUT2D eigenvalue weighted by Crippen LogP contribution is 2.23. The van der Waals surface area contributed by atoms with Gasteiger partial charge in [0.05, 0.1) is 18.1 Å². The van der Waals surface area contributed by atoms with Gasteiger partial charge in [-0.1, -0.05) is 12.1 Å². The van der Waals surface area contributed by atoms with Gasteiger partial charge in [0.25, 0.3) is 0 Å². The van der Waals surface area contributed by atoms with Crippen LogP contribution in [0.5, 0.6) is 0 Å². The normalized spacial score (nSPS) is 12.7. The number of nitrogens with one attached hydrogen (secondary N) is 3. The van der Waals surface area contributed by atoms with E-state index in [0.29, 0.717) is 22.6 Å². The molecule has 9 heteroatoms. The van der Waals surface area contributed by atoms with Crippen molar-refractivity contribution < 1.29 is 14.4 Å². The lowest BCUT2D eigenvalue weighted by Gasteiger charge is -2.17. The van der Waals surface area contributed by atoms with Crippen LogP contribution in [0.2, 0.25) is 0 Å². The molecule has 0 aliphatic carbocycles. The number of aromatic nitrogens is 2. The summed E-state index contributed by atoms with van der Waals surface area (Å²) >= 11 is -1.21. The fraction of sp³-hybridized carbons (Fsp3) is 0.250. The first kappa shape index (κ1) is 24.5. The summed E-state index contributed by atoms with van der Waals surface area (Å²) in [6, 6.07) is 14.5. The average Bonchev–Trinajstić information content (AvgIpc) is 2.84. The topological polar surface area (TPSA) is 138 Å². The molecule has 0 bridgehead atoms. The summed E-state index contributed by atoms with van der Waals surface area (Å²) in [5, 5.41) is 28.4. The van der Waals surface area contributed by atoms with Gasteiger partial charge >= 0.3 is 0 Å². The van der Waals surface area contributed by atoms with E-state index in [-0.39, 0.29) is 29.3 Å². The van der Waals surface area contributed by atoms with Crippen LogP contribution in [-0.2, 0) is 22.5 Å². The molecule has 4 N–H and O–H groups in total. The first-order valence-electron chi connectivity index (χ1n) is 10.5. The lowest BCUT2D eigenvalue weighted by atomic mass is 10.1. The van der Waals surface area contributed by atoms with Crippen molar-refractivity contribution in [3.63, 3.8) is 0 Å². The number of hydrogen-bond donors (Lipinski definition) is 4. The molecule has 2 unspecified atom stereocenters. The number of ether oxygens (including phenoxy) is 1. The first-order chi connectivity index (χ1) is 15.9. The van der Waals surface area contributed by atoms with E-state index in [9.17, 15) is 4.55 Å². The van der Waals surface area contributed by atoms with E-state index in [1.807, 2.05) is 26.1 Å². The largest absolute Gasteiger partial charge is 0.611 e. The Morgan fingerprint density at radius 1 is 1.09 bits per heavy atom. The minimum absolute atomic E-state index is 0.000506. The van der Waals surface area contributed by atoms with Crippen LogP contribution in [0, 0.1) is 10.8 Å². The zero-order chi connectivity index (χ0) is 23.8. The lowest BCUT2D eigenvalue weighted by Crippen LogP contribution is -2.19. The van der Waals surface area contributed by atoms with Gasteiger partial charge in [-0.05, 0) is 67.1 Å². The number of benzene rings is 2. The molecule has 0 fully saturated rings. The van der Waals surface area contributed by atoms with E-state index >= 15 is 0 Å². The Labute approximate surface area is 196 Å². The standard InChI is InChI=1S/C24H27N5O3S/c1-16(11-12-30)33(31)20-9-7-18(8-10-20)21-14-28-15-22(29-21)24(26)32-23(25)19-5-3-17(4-6-19)13-27-2/h3-10,14-16,25-27,30H,11-13H2,1-2H3. The molecule has 0 radical (unpaired) electrons. The van der Waals surface area contributed by atoms with Crippen molar-refractivity contribution in [2.45, 2.75) is 30.0 Å². The molecule has 2 aromatic carbocycles. The van der Waals surface area contributed by atoms with Gasteiger partial charge in [-0.3, -0.25) is 15.8 Å². The third-order valence-electron chi connectivity index (χ3n) is 4.95. The molecule has 172 valence electrons. The maximum absolute atomic E-state index is 12.5. The van der Waals surface area contributed by atoms with Crippen LogP contribution in [-0.4, -0.2) is 50.3 Å². The molecule has 0 spiro atoms. The van der Waals surface area contributed by atoms with E-state index in [2.05, 4.69) is 15.3 Å². The number of aliphatic hydroxyl groups excluding tert-OH is 1. The summed E-state index contributed by atoms with van der Waals surface area (Å²) in [7, 11) is 1.87. The van der Waals surface area contributed by atoms with E-state index in [0.717, 1.165) is 17.7 Å². The van der Waals surface area contributed by atoms with Crippen LogP contribution in [0.4, 0.5) is 0 Å². The Kier molecular flexibility index (Phi) is 8.67. The first-order valence-corrected chi connectivity index (χ1v) is 11.7. The Morgan fingerprint density at radius 2 is 1.79 bits per heavy atom. The van der Waals surface area contributed by atoms with Gasteiger partial charge in [0.1, 0.15) is 10.9 Å². The number of hydrogen-bond acceptors (Lipinski definition) is 8. The fourth-order valence-corrected chi connectivity index (χ4v) is 4.28. The molecular weight excluding hydrogens is 438 g/mol. The van der Waals surface area contributed by atoms with Gasteiger partial charge < -0.3 is 19.7 Å². The van der Waals surface area contributed by atoms with Crippen molar-refractivity contribution in [2.75, 3.05) is 13.7 Å². The van der Waals surface area contributed by atoms with E-state index in [1.54, 1.807) is 42.6 Å². The van der Waals surface area contributed by atoms with Crippen molar-refractivity contribution in [2.24, 2.45) is 0 Å². The van der Waals surface area contributed by atoms with Crippen LogP contribution in [0.25, 0.3) is 11.3 Å². The predicted molar refractivity (Wildman–Crippen MR) is 129 cm³/mol. The third-order valence-corrected chi connectivity index (χ3v) is 6.66. The molecule has 3 aromatic rings. The second-order valence-electron chi connectivity index (χ2n) is 7.42. The Balaban J connectivity index is 1.69. The molecule has 1 aromatic heterocycles. The van der Waals surface area contributed by atoms with Gasteiger partial charge in [0.15, 0.2) is 4.90 Å². The third kappa shape index (κ3) is 6.45. The Bertz CT molecular complexity index is 1090. The summed E-state index contributed by atoms with van der Waals surface area (Å²) in [4.78, 5) is 9.27. The summed E-state index contributed by atoms with van der Waals surface area (Å²) in [6.45, 7) is 2.57. The lowest BCUT2D eigenvalue weighted by molar-refractivity contribution is 0.287.